The predicted octanol–water partition coefficient (Wildman–Crippen LogP) is 5.84. The highest BCUT2D eigenvalue weighted by Gasteiger charge is 2.23. The summed E-state index contributed by atoms with van der Waals surface area (Å²) in [4.78, 5) is 17.2. The molecule has 160 valence electrons. The molecule has 0 N–H and O–H groups in total. The molecule has 4 rings (SSSR count). The lowest BCUT2D eigenvalue weighted by atomic mass is 10.1. The van der Waals surface area contributed by atoms with Gasteiger partial charge in [-0.05, 0) is 48.9 Å². The number of benzene rings is 3. The molecular weight excluding hydrogens is 431 g/mol. The molecule has 6 heteroatoms. The summed E-state index contributed by atoms with van der Waals surface area (Å²) >= 11 is 12.4. The highest BCUT2D eigenvalue weighted by Crippen LogP contribution is 2.26. The number of carbonyl (C=O) groups excluding carboxylic acids is 1. The maximum absolute atomic E-state index is 13.1. The number of anilines is 1. The number of hydrogen-bond acceptors (Lipinski definition) is 3. The van der Waals surface area contributed by atoms with Gasteiger partial charge in [0.05, 0.1) is 0 Å². The van der Waals surface area contributed by atoms with E-state index < -0.39 is 0 Å². The summed E-state index contributed by atoms with van der Waals surface area (Å²) in [5, 5.41) is 1.40. The van der Waals surface area contributed by atoms with E-state index in [1.54, 1.807) is 6.07 Å². The van der Waals surface area contributed by atoms with Crippen LogP contribution in [-0.2, 0) is 6.61 Å². The van der Waals surface area contributed by atoms with Gasteiger partial charge in [-0.3, -0.25) is 4.79 Å². The molecule has 4 nitrogen and oxygen atoms in total. The second kappa shape index (κ2) is 9.63. The van der Waals surface area contributed by atoms with E-state index in [2.05, 4.69) is 11.8 Å². The number of amides is 1. The third-order valence-electron chi connectivity index (χ3n) is 5.51. The molecule has 1 aliphatic rings. The maximum Gasteiger partial charge on any atom is 0.254 e. The zero-order valence-corrected chi connectivity index (χ0v) is 18.9. The van der Waals surface area contributed by atoms with Gasteiger partial charge in [0.15, 0.2) is 0 Å². The Morgan fingerprint density at radius 3 is 2.48 bits per heavy atom. The Labute approximate surface area is 192 Å². The van der Waals surface area contributed by atoms with Crippen LogP contribution in [0.25, 0.3) is 0 Å². The number of hydrogen-bond donors (Lipinski definition) is 0. The molecule has 1 saturated heterocycles. The highest BCUT2D eigenvalue weighted by molar-refractivity contribution is 6.31. The minimum Gasteiger partial charge on any atom is -0.489 e. The first-order valence-corrected chi connectivity index (χ1v) is 11.0. The van der Waals surface area contributed by atoms with Crippen molar-refractivity contribution in [1.82, 2.24) is 4.90 Å². The van der Waals surface area contributed by atoms with Crippen LogP contribution >= 0.6 is 23.2 Å². The molecule has 3 aromatic rings. The fourth-order valence-corrected chi connectivity index (χ4v) is 4.11. The van der Waals surface area contributed by atoms with Gasteiger partial charge in [-0.1, -0.05) is 53.5 Å². The molecule has 1 heterocycles. The van der Waals surface area contributed by atoms with E-state index in [-0.39, 0.29) is 5.91 Å². The van der Waals surface area contributed by atoms with Gasteiger partial charge < -0.3 is 14.5 Å². The number of piperazine rings is 1. The minimum absolute atomic E-state index is 0.0191. The fraction of sp³-hybridized carbons (Fsp3) is 0.240. The fourth-order valence-electron chi connectivity index (χ4n) is 3.75. The monoisotopic (exact) mass is 454 g/mol. The van der Waals surface area contributed by atoms with Crippen molar-refractivity contribution in [3.8, 4) is 5.75 Å². The Hall–Kier alpha value is -2.69. The number of rotatable bonds is 5. The van der Waals surface area contributed by atoms with Crippen LogP contribution < -0.4 is 9.64 Å². The summed E-state index contributed by atoms with van der Waals surface area (Å²) in [6.45, 7) is 5.31. The second-order valence-corrected chi connectivity index (χ2v) is 8.46. The van der Waals surface area contributed by atoms with Gasteiger partial charge in [-0.15, -0.1) is 0 Å². The summed E-state index contributed by atoms with van der Waals surface area (Å²) in [5.41, 5.74) is 3.86. The van der Waals surface area contributed by atoms with Crippen molar-refractivity contribution in [3.05, 3.63) is 93.5 Å². The van der Waals surface area contributed by atoms with E-state index in [4.69, 9.17) is 27.9 Å². The maximum atomic E-state index is 13.1. The van der Waals surface area contributed by atoms with Gasteiger partial charge >= 0.3 is 0 Å². The predicted molar refractivity (Wildman–Crippen MR) is 127 cm³/mol. The van der Waals surface area contributed by atoms with E-state index >= 15 is 0 Å². The van der Waals surface area contributed by atoms with Gasteiger partial charge in [0, 0.05) is 53.0 Å². The van der Waals surface area contributed by atoms with Crippen LogP contribution in [0.4, 0.5) is 5.69 Å². The van der Waals surface area contributed by atoms with Crippen LogP contribution in [0.2, 0.25) is 10.0 Å². The van der Waals surface area contributed by atoms with E-state index in [9.17, 15) is 4.79 Å². The Kier molecular flexibility index (Phi) is 6.69. The standard InChI is InChI=1S/C25H24Cl2N2O2/c1-18-9-10-21(26)16-24(18)28-11-13-29(14-12-28)25(30)19-6-4-7-22(15-19)31-17-20-5-2-3-8-23(20)27/h2-10,15-16H,11-14,17H2,1H3. The van der Waals surface area contributed by atoms with Crippen LogP contribution in [0, 0.1) is 6.92 Å². The first-order valence-electron chi connectivity index (χ1n) is 10.3. The van der Waals surface area contributed by atoms with Gasteiger partial charge in [0.1, 0.15) is 12.4 Å². The largest absolute Gasteiger partial charge is 0.489 e. The van der Waals surface area contributed by atoms with Crippen LogP contribution in [0.15, 0.2) is 66.7 Å². The summed E-state index contributed by atoms with van der Waals surface area (Å²) in [5.74, 6) is 0.671. The summed E-state index contributed by atoms with van der Waals surface area (Å²) < 4.78 is 5.87. The van der Waals surface area contributed by atoms with Crippen molar-refractivity contribution in [2.24, 2.45) is 0 Å². The molecular formula is C25H24Cl2N2O2. The molecule has 0 saturated carbocycles. The van der Waals surface area contributed by atoms with Gasteiger partial charge in [0.2, 0.25) is 0 Å². The molecule has 31 heavy (non-hydrogen) atoms. The SMILES string of the molecule is Cc1ccc(Cl)cc1N1CCN(C(=O)c2cccc(OCc3ccccc3Cl)c2)CC1. The van der Waals surface area contributed by atoms with E-state index in [1.165, 1.54) is 5.56 Å². The molecule has 0 radical (unpaired) electrons. The number of halogens is 2. The van der Waals surface area contributed by atoms with Crippen molar-refractivity contribution in [3.63, 3.8) is 0 Å². The molecule has 0 atom stereocenters. The third-order valence-corrected chi connectivity index (χ3v) is 6.12. The topological polar surface area (TPSA) is 32.8 Å². The Balaban J connectivity index is 1.38. The minimum atomic E-state index is 0.0191. The summed E-state index contributed by atoms with van der Waals surface area (Å²) in [6, 6.07) is 20.8. The zero-order valence-electron chi connectivity index (χ0n) is 17.4. The van der Waals surface area contributed by atoms with Crippen LogP contribution in [-0.4, -0.2) is 37.0 Å². The van der Waals surface area contributed by atoms with Crippen molar-refractivity contribution in [2.45, 2.75) is 13.5 Å². The number of ether oxygens (including phenoxy) is 1. The van der Waals surface area contributed by atoms with E-state index in [0.717, 1.165) is 29.4 Å². The van der Waals surface area contributed by atoms with Gasteiger partial charge in [-0.25, -0.2) is 0 Å². The molecule has 0 unspecified atom stereocenters. The molecule has 0 spiro atoms. The van der Waals surface area contributed by atoms with E-state index in [1.807, 2.05) is 65.6 Å². The summed E-state index contributed by atoms with van der Waals surface area (Å²) in [6.07, 6.45) is 0. The lowest BCUT2D eigenvalue weighted by Gasteiger charge is -2.37. The number of nitrogens with zero attached hydrogens (tertiary/aromatic N) is 2. The van der Waals surface area contributed by atoms with Gasteiger partial charge in [0.25, 0.3) is 5.91 Å². The molecule has 1 fully saturated rings. The Morgan fingerprint density at radius 1 is 0.935 bits per heavy atom. The highest BCUT2D eigenvalue weighted by atomic mass is 35.5. The number of aryl methyl sites for hydroxylation is 1. The van der Waals surface area contributed by atoms with Crippen molar-refractivity contribution >= 4 is 34.8 Å². The molecule has 0 aromatic heterocycles. The third kappa shape index (κ3) is 5.15. The average Bonchev–Trinajstić information content (AvgIpc) is 2.80. The first kappa shape index (κ1) is 21.5. The quantitative estimate of drug-likeness (QED) is 0.485. The zero-order chi connectivity index (χ0) is 21.8. The second-order valence-electron chi connectivity index (χ2n) is 7.62. The molecule has 0 bridgehead atoms. The normalized spacial score (nSPS) is 13.9. The Bertz CT molecular complexity index is 1080. The molecule has 3 aromatic carbocycles. The van der Waals surface area contributed by atoms with Crippen molar-refractivity contribution in [1.29, 1.82) is 0 Å². The van der Waals surface area contributed by atoms with Crippen LogP contribution in [0.1, 0.15) is 21.5 Å². The van der Waals surface area contributed by atoms with Crippen molar-refractivity contribution < 1.29 is 9.53 Å². The van der Waals surface area contributed by atoms with E-state index in [0.29, 0.717) is 36.0 Å². The first-order chi connectivity index (χ1) is 15.0. The number of carbonyl (C=O) groups is 1. The molecule has 1 aliphatic heterocycles. The smallest absolute Gasteiger partial charge is 0.254 e. The van der Waals surface area contributed by atoms with Crippen LogP contribution in [0.5, 0.6) is 5.75 Å². The Morgan fingerprint density at radius 2 is 1.71 bits per heavy atom. The molecule has 1 amide bonds. The summed E-state index contributed by atoms with van der Waals surface area (Å²) in [7, 11) is 0. The molecule has 0 aliphatic carbocycles. The average molecular weight is 455 g/mol. The van der Waals surface area contributed by atoms with Gasteiger partial charge in [-0.2, -0.15) is 0 Å². The van der Waals surface area contributed by atoms with Crippen LogP contribution in [0.3, 0.4) is 0 Å². The van der Waals surface area contributed by atoms with Crippen molar-refractivity contribution in [2.75, 3.05) is 31.1 Å². The lowest BCUT2D eigenvalue weighted by Crippen LogP contribution is -2.49. The lowest BCUT2D eigenvalue weighted by molar-refractivity contribution is 0.0746.